The normalized spacial score (nSPS) is 19.1. The zero-order valence-corrected chi connectivity index (χ0v) is 11.2. The van der Waals surface area contributed by atoms with E-state index >= 15 is 0 Å². The fraction of sp³-hybridized carbons (Fsp3) is 0.545. The molecule has 1 aromatic rings. The largest absolute Gasteiger partial charge is 0.368 e. The number of aromatic nitrogens is 2. The van der Waals surface area contributed by atoms with Crippen LogP contribution in [0.5, 0.6) is 0 Å². The van der Waals surface area contributed by atoms with Crippen LogP contribution in [0.1, 0.15) is 12.8 Å². The number of hydrogen-bond donors (Lipinski definition) is 1. The van der Waals surface area contributed by atoms with Crippen LogP contribution in [0, 0.1) is 0 Å². The summed E-state index contributed by atoms with van der Waals surface area (Å²) in [4.78, 5) is 23.6. The van der Waals surface area contributed by atoms with E-state index in [1.54, 1.807) is 25.1 Å². The number of nitrogen functional groups attached to an aromatic ring is 1. The highest BCUT2D eigenvalue weighted by atomic mass is 35.5. The van der Waals surface area contributed by atoms with Gasteiger partial charge in [-0.25, -0.2) is 4.98 Å². The van der Waals surface area contributed by atoms with E-state index in [2.05, 4.69) is 9.97 Å². The molecule has 98 valence electrons. The van der Waals surface area contributed by atoms with Gasteiger partial charge in [0.1, 0.15) is 17.0 Å². The van der Waals surface area contributed by atoms with Gasteiger partial charge in [0.2, 0.25) is 11.9 Å². The maximum absolute atomic E-state index is 12.1. The molecular formula is C11H16ClN5O. The van der Waals surface area contributed by atoms with Gasteiger partial charge < -0.3 is 15.5 Å². The van der Waals surface area contributed by atoms with Crippen molar-refractivity contribution in [2.45, 2.75) is 18.9 Å². The van der Waals surface area contributed by atoms with Crippen LogP contribution in [0.25, 0.3) is 0 Å². The van der Waals surface area contributed by atoms with Gasteiger partial charge in [-0.1, -0.05) is 11.6 Å². The van der Waals surface area contributed by atoms with Crippen LogP contribution in [0.3, 0.4) is 0 Å². The van der Waals surface area contributed by atoms with Crippen molar-refractivity contribution in [2.24, 2.45) is 0 Å². The molecule has 0 radical (unpaired) electrons. The third-order valence-corrected chi connectivity index (χ3v) is 3.17. The Balaban J connectivity index is 2.28. The molecule has 1 saturated heterocycles. The van der Waals surface area contributed by atoms with Gasteiger partial charge in [-0.2, -0.15) is 4.98 Å². The van der Waals surface area contributed by atoms with Gasteiger partial charge in [0, 0.05) is 26.7 Å². The molecule has 7 heteroatoms. The van der Waals surface area contributed by atoms with Crippen molar-refractivity contribution < 1.29 is 4.79 Å². The minimum absolute atomic E-state index is 0.0702. The SMILES string of the molecule is CN(C)C(=O)[C@H]1CCCN1c1cc(Cl)nc(N)n1. The molecule has 1 atom stereocenters. The first-order valence-electron chi connectivity index (χ1n) is 5.77. The molecule has 18 heavy (non-hydrogen) atoms. The number of nitrogens with two attached hydrogens (primary N) is 1. The highest BCUT2D eigenvalue weighted by molar-refractivity contribution is 6.29. The van der Waals surface area contributed by atoms with Crippen LogP contribution in [0.2, 0.25) is 5.15 Å². The van der Waals surface area contributed by atoms with Gasteiger partial charge in [0.05, 0.1) is 0 Å². The molecule has 0 spiro atoms. The Bertz CT molecular complexity index is 444. The second-order valence-electron chi connectivity index (χ2n) is 4.49. The fourth-order valence-corrected chi connectivity index (χ4v) is 2.35. The predicted octanol–water partition coefficient (Wildman–Crippen LogP) is 0.769. The molecule has 0 unspecified atom stereocenters. The topological polar surface area (TPSA) is 75.4 Å². The van der Waals surface area contributed by atoms with Crippen LogP contribution >= 0.6 is 11.6 Å². The number of hydrogen-bond acceptors (Lipinski definition) is 5. The van der Waals surface area contributed by atoms with E-state index < -0.39 is 0 Å². The van der Waals surface area contributed by atoms with Crippen LogP contribution in [-0.4, -0.2) is 47.5 Å². The summed E-state index contributed by atoms with van der Waals surface area (Å²) in [5.41, 5.74) is 5.58. The Morgan fingerprint density at radius 3 is 2.89 bits per heavy atom. The molecule has 1 aliphatic rings. The average Bonchev–Trinajstić information content (AvgIpc) is 2.75. The standard InChI is InChI=1S/C11H16ClN5O/c1-16(2)10(18)7-4-3-5-17(7)9-6-8(12)14-11(13)15-9/h6-7H,3-5H2,1-2H3,(H2,13,14,15)/t7-/m1/s1. The Hall–Kier alpha value is -1.56. The van der Waals surface area contributed by atoms with Crippen molar-refractivity contribution in [2.75, 3.05) is 31.3 Å². The number of carbonyl (C=O) groups is 1. The van der Waals surface area contributed by atoms with Crippen molar-refractivity contribution in [3.05, 3.63) is 11.2 Å². The Kier molecular flexibility index (Phi) is 3.56. The van der Waals surface area contributed by atoms with E-state index in [1.165, 1.54) is 0 Å². The molecule has 6 nitrogen and oxygen atoms in total. The van der Waals surface area contributed by atoms with E-state index in [0.717, 1.165) is 19.4 Å². The summed E-state index contributed by atoms with van der Waals surface area (Å²) in [6.07, 6.45) is 1.77. The number of carbonyl (C=O) groups excluding carboxylic acids is 1. The van der Waals surface area contributed by atoms with Crippen molar-refractivity contribution >= 4 is 29.3 Å². The molecule has 1 aromatic heterocycles. The summed E-state index contributed by atoms with van der Waals surface area (Å²) in [6.45, 7) is 0.775. The van der Waals surface area contributed by atoms with E-state index in [0.29, 0.717) is 11.0 Å². The monoisotopic (exact) mass is 269 g/mol. The summed E-state index contributed by atoms with van der Waals surface area (Å²) < 4.78 is 0. The Labute approximate surface area is 111 Å². The first-order valence-corrected chi connectivity index (χ1v) is 6.14. The van der Waals surface area contributed by atoms with Gasteiger partial charge in [-0.05, 0) is 12.8 Å². The van der Waals surface area contributed by atoms with E-state index in [-0.39, 0.29) is 17.9 Å². The second kappa shape index (κ2) is 4.97. The van der Waals surface area contributed by atoms with Crippen molar-refractivity contribution in [3.8, 4) is 0 Å². The molecule has 0 bridgehead atoms. The van der Waals surface area contributed by atoms with Gasteiger partial charge in [-0.15, -0.1) is 0 Å². The average molecular weight is 270 g/mol. The van der Waals surface area contributed by atoms with Gasteiger partial charge in [0.15, 0.2) is 0 Å². The van der Waals surface area contributed by atoms with E-state index in [4.69, 9.17) is 17.3 Å². The first kappa shape index (κ1) is 12.9. The number of rotatable bonds is 2. The number of halogens is 1. The van der Waals surface area contributed by atoms with E-state index in [9.17, 15) is 4.79 Å². The predicted molar refractivity (Wildman–Crippen MR) is 70.5 cm³/mol. The summed E-state index contributed by atoms with van der Waals surface area (Å²) >= 11 is 5.87. The quantitative estimate of drug-likeness (QED) is 0.803. The minimum atomic E-state index is -0.189. The number of anilines is 2. The van der Waals surface area contributed by atoms with Crippen LogP contribution in [-0.2, 0) is 4.79 Å². The van der Waals surface area contributed by atoms with Gasteiger partial charge >= 0.3 is 0 Å². The van der Waals surface area contributed by atoms with Crippen LogP contribution in [0.15, 0.2) is 6.07 Å². The van der Waals surface area contributed by atoms with Gasteiger partial charge in [-0.3, -0.25) is 4.79 Å². The lowest BCUT2D eigenvalue weighted by Gasteiger charge is -2.27. The van der Waals surface area contributed by atoms with Gasteiger partial charge in [0.25, 0.3) is 0 Å². The molecule has 1 amide bonds. The highest BCUT2D eigenvalue weighted by Crippen LogP contribution is 2.26. The molecule has 0 aliphatic carbocycles. The molecule has 2 N–H and O–H groups in total. The Morgan fingerprint density at radius 1 is 1.56 bits per heavy atom. The molecule has 0 aromatic carbocycles. The number of nitrogens with zero attached hydrogens (tertiary/aromatic N) is 4. The summed E-state index contributed by atoms with van der Waals surface area (Å²) in [5.74, 6) is 0.812. The summed E-state index contributed by atoms with van der Waals surface area (Å²) in [5, 5.41) is 0.292. The smallest absolute Gasteiger partial charge is 0.244 e. The minimum Gasteiger partial charge on any atom is -0.368 e. The molecule has 2 rings (SSSR count). The van der Waals surface area contributed by atoms with Crippen molar-refractivity contribution in [1.82, 2.24) is 14.9 Å². The molecule has 0 saturated carbocycles. The second-order valence-corrected chi connectivity index (χ2v) is 4.88. The molecule has 2 heterocycles. The maximum Gasteiger partial charge on any atom is 0.244 e. The van der Waals surface area contributed by atoms with Crippen LogP contribution in [0.4, 0.5) is 11.8 Å². The molecule has 1 fully saturated rings. The van der Waals surface area contributed by atoms with Crippen molar-refractivity contribution in [1.29, 1.82) is 0 Å². The number of amides is 1. The zero-order chi connectivity index (χ0) is 13.3. The lowest BCUT2D eigenvalue weighted by molar-refractivity contribution is -0.129. The zero-order valence-electron chi connectivity index (χ0n) is 10.4. The van der Waals surface area contributed by atoms with E-state index in [1.807, 2.05) is 4.90 Å². The maximum atomic E-state index is 12.1. The lowest BCUT2D eigenvalue weighted by atomic mass is 10.2. The number of likely N-dealkylation sites (N-methyl/N-ethyl adjacent to an activating group) is 1. The third-order valence-electron chi connectivity index (χ3n) is 2.97. The summed E-state index contributed by atoms with van der Waals surface area (Å²) in [6, 6.07) is 1.45. The first-order chi connectivity index (χ1) is 8.49. The highest BCUT2D eigenvalue weighted by Gasteiger charge is 2.32. The summed E-state index contributed by atoms with van der Waals surface area (Å²) in [7, 11) is 3.50. The molecular weight excluding hydrogens is 254 g/mol. The fourth-order valence-electron chi connectivity index (χ4n) is 2.17. The van der Waals surface area contributed by atoms with Crippen LogP contribution < -0.4 is 10.6 Å². The lowest BCUT2D eigenvalue weighted by Crippen LogP contribution is -2.43. The molecule has 1 aliphatic heterocycles. The van der Waals surface area contributed by atoms with Crippen molar-refractivity contribution in [3.63, 3.8) is 0 Å². The third kappa shape index (κ3) is 2.48. The Morgan fingerprint density at radius 2 is 2.28 bits per heavy atom.